The van der Waals surface area contributed by atoms with Crippen LogP contribution in [0.2, 0.25) is 0 Å². The van der Waals surface area contributed by atoms with Crippen LogP contribution < -0.4 is 9.47 Å². The van der Waals surface area contributed by atoms with Gasteiger partial charge in [0, 0.05) is 24.9 Å². The number of aryl methyl sites for hydroxylation is 3. The van der Waals surface area contributed by atoms with Gasteiger partial charge in [0.25, 0.3) is 0 Å². The summed E-state index contributed by atoms with van der Waals surface area (Å²) in [4.78, 5) is 13.4. The zero-order valence-corrected chi connectivity index (χ0v) is 20.0. The zero-order valence-electron chi connectivity index (χ0n) is 20.0. The molecular weight excluding hydrogens is 448 g/mol. The molecule has 4 heterocycles. The normalized spacial score (nSPS) is 17.9. The van der Waals surface area contributed by atoms with Gasteiger partial charge in [-0.05, 0) is 57.2 Å². The molecule has 1 fully saturated rings. The molecule has 12 nitrogen and oxygen atoms in total. The largest absolute Gasteiger partial charge is 0.489 e. The van der Waals surface area contributed by atoms with Crippen LogP contribution in [0.4, 0.5) is 0 Å². The maximum absolute atomic E-state index is 6.34. The Morgan fingerprint density at radius 3 is 2.86 bits per heavy atom. The monoisotopic (exact) mass is 476 g/mol. The van der Waals surface area contributed by atoms with Crippen LogP contribution in [-0.2, 0) is 20.1 Å². The standard InChI is InChI=1S/C23H28N10O2/c1-4-16-10-11-24-23(26-16)34-13-19-21(27-32-33(19)3)18-8-9-20(14(2)25-18)35-17-7-5-6-15(12-17)22-28-30-31-29-22/h8-11,15,17H,4-7,12-13H2,1-3H3,(H,28,29,30,31)/t15-,17-/m0/s1. The Kier molecular flexibility index (Phi) is 6.59. The van der Waals surface area contributed by atoms with Crippen LogP contribution in [0.25, 0.3) is 11.4 Å². The molecule has 1 aliphatic rings. The van der Waals surface area contributed by atoms with Gasteiger partial charge in [0.1, 0.15) is 23.7 Å². The van der Waals surface area contributed by atoms with E-state index < -0.39 is 0 Å². The third-order valence-corrected chi connectivity index (χ3v) is 6.26. The summed E-state index contributed by atoms with van der Waals surface area (Å²) in [5.74, 6) is 1.77. The molecule has 0 spiro atoms. The number of nitrogens with one attached hydrogen (secondary N) is 1. The Morgan fingerprint density at radius 1 is 1.14 bits per heavy atom. The van der Waals surface area contributed by atoms with Crippen molar-refractivity contribution in [2.24, 2.45) is 7.05 Å². The van der Waals surface area contributed by atoms with Crippen molar-refractivity contribution in [3.05, 3.63) is 47.3 Å². The zero-order chi connectivity index (χ0) is 24.2. The van der Waals surface area contributed by atoms with Gasteiger partial charge < -0.3 is 9.47 Å². The molecular formula is C23H28N10O2. The van der Waals surface area contributed by atoms with E-state index in [1.54, 1.807) is 10.9 Å². The molecule has 0 aromatic carbocycles. The van der Waals surface area contributed by atoms with Crippen LogP contribution in [0.15, 0.2) is 24.4 Å². The molecule has 5 rings (SSSR count). The van der Waals surface area contributed by atoms with Crippen molar-refractivity contribution in [2.45, 2.75) is 64.6 Å². The Morgan fingerprint density at radius 2 is 2.06 bits per heavy atom. The Hall–Kier alpha value is -3.96. The van der Waals surface area contributed by atoms with Gasteiger partial charge in [-0.15, -0.1) is 15.3 Å². The fraction of sp³-hybridized carbons (Fsp3) is 0.478. The predicted octanol–water partition coefficient (Wildman–Crippen LogP) is 2.74. The summed E-state index contributed by atoms with van der Waals surface area (Å²) in [6, 6.07) is 6.06. The minimum absolute atomic E-state index is 0.0814. The molecule has 1 aliphatic carbocycles. The van der Waals surface area contributed by atoms with Crippen molar-refractivity contribution in [2.75, 3.05) is 0 Å². The van der Waals surface area contributed by atoms with Gasteiger partial charge >= 0.3 is 6.01 Å². The summed E-state index contributed by atoms with van der Waals surface area (Å²) in [6.45, 7) is 4.20. The van der Waals surface area contributed by atoms with E-state index in [1.807, 2.05) is 39.1 Å². The molecule has 0 saturated heterocycles. The second kappa shape index (κ2) is 10.1. The molecule has 0 aliphatic heterocycles. The lowest BCUT2D eigenvalue weighted by Gasteiger charge is -2.28. The highest BCUT2D eigenvalue weighted by Gasteiger charge is 2.28. The molecule has 35 heavy (non-hydrogen) atoms. The Labute approximate surface area is 202 Å². The van der Waals surface area contributed by atoms with E-state index >= 15 is 0 Å². The molecule has 4 aromatic heterocycles. The minimum atomic E-state index is 0.0814. The predicted molar refractivity (Wildman–Crippen MR) is 125 cm³/mol. The third kappa shape index (κ3) is 5.10. The molecule has 2 atom stereocenters. The van der Waals surface area contributed by atoms with Crippen LogP contribution >= 0.6 is 0 Å². The van der Waals surface area contributed by atoms with E-state index in [-0.39, 0.29) is 18.6 Å². The average Bonchev–Trinajstić information content (AvgIpc) is 3.55. The van der Waals surface area contributed by atoms with Gasteiger partial charge in [-0.2, -0.15) is 5.21 Å². The van der Waals surface area contributed by atoms with E-state index in [0.717, 1.165) is 60.8 Å². The first-order chi connectivity index (χ1) is 17.1. The van der Waals surface area contributed by atoms with E-state index in [1.165, 1.54) is 0 Å². The SMILES string of the molecule is CCc1ccnc(OCc2c(-c3ccc(O[C@H]4CCC[C@H](c5nn[nH]n5)C4)c(C)n3)nnn2C)n1. The number of nitrogens with zero attached hydrogens (tertiary/aromatic N) is 9. The highest BCUT2D eigenvalue weighted by molar-refractivity contribution is 5.58. The average molecular weight is 477 g/mol. The first-order valence-corrected chi connectivity index (χ1v) is 11.8. The number of hydrogen-bond acceptors (Lipinski definition) is 10. The fourth-order valence-electron chi connectivity index (χ4n) is 4.33. The maximum atomic E-state index is 6.34. The van der Waals surface area contributed by atoms with Gasteiger partial charge in [-0.3, -0.25) is 0 Å². The number of pyridine rings is 1. The lowest BCUT2D eigenvalue weighted by molar-refractivity contribution is 0.140. The molecule has 4 aromatic rings. The van der Waals surface area contributed by atoms with Crippen molar-refractivity contribution in [3.63, 3.8) is 0 Å². The first-order valence-electron chi connectivity index (χ1n) is 11.8. The third-order valence-electron chi connectivity index (χ3n) is 6.26. The van der Waals surface area contributed by atoms with Gasteiger partial charge in [0.2, 0.25) is 0 Å². The van der Waals surface area contributed by atoms with Crippen LogP contribution in [0.3, 0.4) is 0 Å². The summed E-state index contributed by atoms with van der Waals surface area (Å²) in [5, 5.41) is 23.0. The van der Waals surface area contributed by atoms with Crippen molar-refractivity contribution in [1.29, 1.82) is 0 Å². The highest BCUT2D eigenvalue weighted by atomic mass is 16.5. The first kappa shape index (κ1) is 22.8. The number of hydrogen-bond donors (Lipinski definition) is 1. The lowest BCUT2D eigenvalue weighted by atomic mass is 9.86. The van der Waals surface area contributed by atoms with Gasteiger partial charge in [-0.1, -0.05) is 17.4 Å². The highest BCUT2D eigenvalue weighted by Crippen LogP contribution is 2.34. The number of rotatable bonds is 8. The molecule has 0 unspecified atom stereocenters. The summed E-state index contributed by atoms with van der Waals surface area (Å²) >= 11 is 0. The molecule has 0 amide bonds. The van der Waals surface area contributed by atoms with Crippen molar-refractivity contribution < 1.29 is 9.47 Å². The second-order valence-electron chi connectivity index (χ2n) is 8.63. The van der Waals surface area contributed by atoms with Gasteiger partial charge in [-0.25, -0.2) is 19.6 Å². The van der Waals surface area contributed by atoms with E-state index in [0.29, 0.717) is 17.4 Å². The van der Waals surface area contributed by atoms with Crippen molar-refractivity contribution in [3.8, 4) is 23.1 Å². The van der Waals surface area contributed by atoms with Crippen LogP contribution in [0, 0.1) is 6.92 Å². The molecule has 1 N–H and O–H groups in total. The number of tetrazole rings is 1. The summed E-state index contributed by atoms with van der Waals surface area (Å²) in [7, 11) is 1.83. The molecule has 0 radical (unpaired) electrons. The number of aromatic nitrogens is 10. The van der Waals surface area contributed by atoms with E-state index in [4.69, 9.17) is 14.5 Å². The maximum Gasteiger partial charge on any atom is 0.316 e. The fourth-order valence-corrected chi connectivity index (χ4v) is 4.33. The number of aromatic amines is 1. The molecule has 12 heteroatoms. The number of ether oxygens (including phenoxy) is 2. The molecule has 0 bridgehead atoms. The molecule has 182 valence electrons. The van der Waals surface area contributed by atoms with Crippen LogP contribution in [-0.4, -0.2) is 56.7 Å². The van der Waals surface area contributed by atoms with Crippen LogP contribution in [0.1, 0.15) is 61.4 Å². The quantitative estimate of drug-likeness (QED) is 0.403. The topological polar surface area (TPSA) is 142 Å². The smallest absolute Gasteiger partial charge is 0.316 e. The van der Waals surface area contributed by atoms with Crippen molar-refractivity contribution in [1.82, 2.24) is 50.6 Å². The summed E-state index contributed by atoms with van der Waals surface area (Å²) in [5.41, 5.74) is 3.86. The Balaban J connectivity index is 1.29. The Bertz CT molecular complexity index is 1270. The van der Waals surface area contributed by atoms with E-state index in [9.17, 15) is 0 Å². The summed E-state index contributed by atoms with van der Waals surface area (Å²) in [6.07, 6.45) is 6.54. The van der Waals surface area contributed by atoms with Crippen molar-refractivity contribution >= 4 is 0 Å². The van der Waals surface area contributed by atoms with Gasteiger partial charge in [0.15, 0.2) is 5.82 Å². The summed E-state index contributed by atoms with van der Waals surface area (Å²) < 4.78 is 13.9. The van der Waals surface area contributed by atoms with E-state index in [2.05, 4.69) is 40.9 Å². The minimum Gasteiger partial charge on any atom is -0.489 e. The lowest BCUT2D eigenvalue weighted by Crippen LogP contribution is -2.25. The molecule has 1 saturated carbocycles. The second-order valence-corrected chi connectivity index (χ2v) is 8.63. The van der Waals surface area contributed by atoms with Crippen LogP contribution in [0.5, 0.6) is 11.8 Å². The number of H-pyrrole nitrogens is 1. The van der Waals surface area contributed by atoms with Gasteiger partial charge in [0.05, 0.1) is 17.5 Å².